The van der Waals surface area contributed by atoms with Crippen molar-refractivity contribution in [3.8, 4) is 0 Å². The Hall–Kier alpha value is -1.04. The average molecular weight is 378 g/mol. The molecule has 3 rings (SSSR count). The van der Waals surface area contributed by atoms with Crippen molar-refractivity contribution in [2.75, 3.05) is 25.1 Å². The van der Waals surface area contributed by atoms with Gasteiger partial charge in [-0.2, -0.15) is 4.98 Å². The summed E-state index contributed by atoms with van der Waals surface area (Å²) in [5.41, 5.74) is -0.634. The molecule has 2 fully saturated rings. The van der Waals surface area contributed by atoms with Gasteiger partial charge < -0.3 is 4.52 Å². The molecule has 1 aliphatic carbocycles. The van der Waals surface area contributed by atoms with E-state index in [2.05, 4.69) is 14.9 Å². The Bertz CT molecular complexity index is 834. The van der Waals surface area contributed by atoms with E-state index in [1.54, 1.807) is 13.8 Å². The summed E-state index contributed by atoms with van der Waals surface area (Å²) in [6.07, 6.45) is 2.18. The molecule has 1 aromatic rings. The maximum atomic E-state index is 11.9. The number of aromatic nitrogens is 2. The Labute approximate surface area is 141 Å². The zero-order valence-electron chi connectivity index (χ0n) is 13.9. The quantitative estimate of drug-likeness (QED) is 0.740. The molecule has 1 N–H and O–H groups in total. The van der Waals surface area contributed by atoms with E-state index >= 15 is 0 Å². The molecule has 0 amide bonds. The van der Waals surface area contributed by atoms with Crippen LogP contribution in [0.25, 0.3) is 0 Å². The van der Waals surface area contributed by atoms with Gasteiger partial charge in [0.15, 0.2) is 5.82 Å². The van der Waals surface area contributed by atoms with Gasteiger partial charge in [-0.15, -0.1) is 0 Å². The van der Waals surface area contributed by atoms with Crippen LogP contribution >= 0.6 is 0 Å². The second kappa shape index (κ2) is 5.75. The van der Waals surface area contributed by atoms with E-state index in [4.69, 9.17) is 4.52 Å². The standard InChI is InChI=1S/C13H22N4O5S2/c1-4-24(20,21)16-11-5-10-7-17(23(3,18)19)8-13(10,6-11)12-14-9(2)15-22-12/h10-11,16H,4-8H2,1-3H3/t10?,11-,13+/m1/s1. The van der Waals surface area contributed by atoms with Gasteiger partial charge in [0.05, 0.1) is 17.4 Å². The summed E-state index contributed by atoms with van der Waals surface area (Å²) in [6, 6.07) is -0.256. The van der Waals surface area contributed by atoms with E-state index in [1.807, 2.05) is 0 Å². The van der Waals surface area contributed by atoms with Gasteiger partial charge in [-0.05, 0) is 32.6 Å². The van der Waals surface area contributed by atoms with Crippen LogP contribution in [0, 0.1) is 12.8 Å². The molecule has 1 saturated carbocycles. The summed E-state index contributed by atoms with van der Waals surface area (Å²) >= 11 is 0. The third-order valence-electron chi connectivity index (χ3n) is 4.99. The normalized spacial score (nSPS) is 31.5. The third-order valence-corrected chi connectivity index (χ3v) is 7.66. The number of aryl methyl sites for hydroxylation is 1. The lowest BCUT2D eigenvalue weighted by atomic mass is 9.80. The zero-order chi connectivity index (χ0) is 17.8. The highest BCUT2D eigenvalue weighted by atomic mass is 32.2. The second-order valence-corrected chi connectivity index (χ2v) is 10.7. The topological polar surface area (TPSA) is 122 Å². The first kappa shape index (κ1) is 17.8. The maximum absolute atomic E-state index is 11.9. The molecule has 0 spiro atoms. The van der Waals surface area contributed by atoms with Gasteiger partial charge in [0.25, 0.3) is 0 Å². The molecular formula is C13H22N4O5S2. The smallest absolute Gasteiger partial charge is 0.234 e. The predicted octanol–water partition coefficient (Wildman–Crippen LogP) is -0.391. The molecule has 0 aromatic carbocycles. The lowest BCUT2D eigenvalue weighted by Gasteiger charge is -2.24. The van der Waals surface area contributed by atoms with E-state index in [-0.39, 0.29) is 24.3 Å². The van der Waals surface area contributed by atoms with Crippen LogP contribution < -0.4 is 4.72 Å². The summed E-state index contributed by atoms with van der Waals surface area (Å²) in [5.74, 6) is 0.829. The van der Waals surface area contributed by atoms with Gasteiger partial charge in [0.1, 0.15) is 0 Å². The average Bonchev–Trinajstić information content (AvgIpc) is 3.09. The van der Waals surface area contributed by atoms with Crippen molar-refractivity contribution in [1.29, 1.82) is 0 Å². The molecule has 136 valence electrons. The Kier molecular flexibility index (Phi) is 4.26. The fourth-order valence-electron chi connectivity index (χ4n) is 3.84. The van der Waals surface area contributed by atoms with Crippen molar-refractivity contribution >= 4 is 20.0 Å². The Balaban J connectivity index is 1.93. The summed E-state index contributed by atoms with van der Waals surface area (Å²) in [6.45, 7) is 3.86. The van der Waals surface area contributed by atoms with Crippen LogP contribution in [0.15, 0.2) is 4.52 Å². The zero-order valence-corrected chi connectivity index (χ0v) is 15.5. The molecular weight excluding hydrogens is 356 g/mol. The van der Waals surface area contributed by atoms with E-state index in [0.717, 1.165) is 0 Å². The third kappa shape index (κ3) is 3.09. The van der Waals surface area contributed by atoms with Gasteiger partial charge in [-0.25, -0.2) is 25.9 Å². The van der Waals surface area contributed by atoms with E-state index < -0.39 is 25.5 Å². The van der Waals surface area contributed by atoms with Crippen molar-refractivity contribution in [2.24, 2.45) is 5.92 Å². The van der Waals surface area contributed by atoms with Crippen LogP contribution in [0.2, 0.25) is 0 Å². The van der Waals surface area contributed by atoms with Crippen LogP contribution in [-0.2, 0) is 25.5 Å². The minimum absolute atomic E-state index is 0.0102. The monoisotopic (exact) mass is 378 g/mol. The van der Waals surface area contributed by atoms with Crippen molar-refractivity contribution in [1.82, 2.24) is 19.2 Å². The number of sulfonamides is 2. The lowest BCUT2D eigenvalue weighted by molar-refractivity contribution is 0.259. The molecule has 1 aliphatic heterocycles. The number of nitrogens with one attached hydrogen (secondary N) is 1. The largest absolute Gasteiger partial charge is 0.339 e. The number of nitrogens with zero attached hydrogens (tertiary/aromatic N) is 3. The van der Waals surface area contributed by atoms with E-state index in [0.29, 0.717) is 31.1 Å². The van der Waals surface area contributed by atoms with Crippen molar-refractivity contribution in [3.63, 3.8) is 0 Å². The van der Waals surface area contributed by atoms with E-state index in [1.165, 1.54) is 10.6 Å². The van der Waals surface area contributed by atoms with Crippen molar-refractivity contribution in [3.05, 3.63) is 11.7 Å². The minimum atomic E-state index is -3.34. The van der Waals surface area contributed by atoms with Crippen LogP contribution in [0.3, 0.4) is 0 Å². The SMILES string of the molecule is CCS(=O)(=O)N[C@@H]1CC2CN(S(C)(=O)=O)C[C@@]2(c2nc(C)no2)C1. The summed E-state index contributed by atoms with van der Waals surface area (Å²) in [7, 11) is -6.66. The molecule has 24 heavy (non-hydrogen) atoms. The molecule has 1 aromatic heterocycles. The summed E-state index contributed by atoms with van der Waals surface area (Å²) in [4.78, 5) is 4.32. The first-order valence-electron chi connectivity index (χ1n) is 7.81. The highest BCUT2D eigenvalue weighted by molar-refractivity contribution is 7.89. The fraction of sp³-hybridized carbons (Fsp3) is 0.846. The van der Waals surface area contributed by atoms with Crippen molar-refractivity contribution in [2.45, 2.75) is 38.1 Å². The van der Waals surface area contributed by atoms with Gasteiger partial charge in [-0.3, -0.25) is 0 Å². The highest BCUT2D eigenvalue weighted by Gasteiger charge is 2.59. The summed E-state index contributed by atoms with van der Waals surface area (Å²) < 4.78 is 57.1. The van der Waals surface area contributed by atoms with Crippen LogP contribution in [0.1, 0.15) is 31.5 Å². The first-order chi connectivity index (χ1) is 11.1. The lowest BCUT2D eigenvalue weighted by Crippen LogP contribution is -2.39. The van der Waals surface area contributed by atoms with Gasteiger partial charge in [0.2, 0.25) is 25.9 Å². The Morgan fingerprint density at radius 2 is 2.08 bits per heavy atom. The van der Waals surface area contributed by atoms with Gasteiger partial charge in [0, 0.05) is 19.1 Å². The second-order valence-electron chi connectivity index (χ2n) is 6.71. The molecule has 0 bridgehead atoms. The Morgan fingerprint density at radius 3 is 2.62 bits per heavy atom. The molecule has 1 saturated heterocycles. The van der Waals surface area contributed by atoms with Crippen molar-refractivity contribution < 1.29 is 21.4 Å². The maximum Gasteiger partial charge on any atom is 0.234 e. The molecule has 2 aliphatic rings. The van der Waals surface area contributed by atoms with E-state index in [9.17, 15) is 16.8 Å². The van der Waals surface area contributed by atoms with Crippen LogP contribution in [-0.4, -0.2) is 62.4 Å². The predicted molar refractivity (Wildman–Crippen MR) is 86.2 cm³/mol. The molecule has 3 atom stereocenters. The Morgan fingerprint density at radius 1 is 1.38 bits per heavy atom. The molecule has 0 radical (unpaired) electrons. The number of rotatable bonds is 5. The fourth-order valence-corrected chi connectivity index (χ4v) is 5.60. The molecule has 1 unspecified atom stereocenters. The first-order valence-corrected chi connectivity index (χ1v) is 11.3. The minimum Gasteiger partial charge on any atom is -0.339 e. The molecule has 11 heteroatoms. The van der Waals surface area contributed by atoms with Crippen LogP contribution in [0.4, 0.5) is 0 Å². The van der Waals surface area contributed by atoms with Gasteiger partial charge in [-0.1, -0.05) is 5.16 Å². The number of hydrogen-bond donors (Lipinski definition) is 1. The van der Waals surface area contributed by atoms with Gasteiger partial charge >= 0.3 is 0 Å². The number of hydrogen-bond acceptors (Lipinski definition) is 7. The molecule has 2 heterocycles. The summed E-state index contributed by atoms with van der Waals surface area (Å²) in [5, 5.41) is 3.83. The number of fused-ring (bicyclic) bond motifs is 1. The molecule has 9 nitrogen and oxygen atoms in total. The highest BCUT2D eigenvalue weighted by Crippen LogP contribution is 2.50. The van der Waals surface area contributed by atoms with Crippen LogP contribution in [0.5, 0.6) is 0 Å².